The molecule has 24 heavy (non-hydrogen) atoms. The van der Waals surface area contributed by atoms with Crippen LogP contribution >= 0.6 is 0 Å². The summed E-state index contributed by atoms with van der Waals surface area (Å²) in [4.78, 5) is 4.63. The van der Waals surface area contributed by atoms with Gasteiger partial charge in [0.25, 0.3) is 0 Å². The van der Waals surface area contributed by atoms with Gasteiger partial charge in [0.05, 0.1) is 11.4 Å². The van der Waals surface area contributed by atoms with Crippen molar-refractivity contribution in [3.05, 3.63) is 29.8 Å². The summed E-state index contributed by atoms with van der Waals surface area (Å²) in [5.41, 5.74) is 6.53. The first-order valence-corrected chi connectivity index (χ1v) is 9.97. The van der Waals surface area contributed by atoms with Gasteiger partial charge in [-0.05, 0) is 30.4 Å². The van der Waals surface area contributed by atoms with E-state index in [1.54, 1.807) is 22.5 Å². The van der Waals surface area contributed by atoms with Gasteiger partial charge < -0.3 is 11.1 Å². The molecule has 0 aliphatic carbocycles. The lowest BCUT2D eigenvalue weighted by atomic mass is 10.2. The van der Waals surface area contributed by atoms with E-state index >= 15 is 0 Å². The van der Waals surface area contributed by atoms with E-state index in [4.69, 9.17) is 5.73 Å². The second-order valence-corrected chi connectivity index (χ2v) is 8.46. The molecule has 0 radical (unpaired) electrons. The molecule has 0 bridgehead atoms. The van der Waals surface area contributed by atoms with Crippen LogP contribution in [0.4, 0.5) is 0 Å². The lowest BCUT2D eigenvalue weighted by molar-refractivity contribution is 0.346. The van der Waals surface area contributed by atoms with Crippen LogP contribution in [0.25, 0.3) is 0 Å². The third kappa shape index (κ3) is 4.95. The number of benzene rings is 1. The van der Waals surface area contributed by atoms with Crippen LogP contribution in [0.3, 0.4) is 0 Å². The Bertz CT molecular complexity index is 665. The Morgan fingerprint density at radius 2 is 1.92 bits per heavy atom. The Hall–Kier alpha value is -1.60. The van der Waals surface area contributed by atoms with Crippen LogP contribution in [0, 0.1) is 5.92 Å². The van der Waals surface area contributed by atoms with Crippen molar-refractivity contribution in [1.82, 2.24) is 9.62 Å². The number of nitrogens with one attached hydrogen (secondary N) is 1. The second kappa shape index (κ2) is 8.48. The Morgan fingerprint density at radius 1 is 1.25 bits per heavy atom. The molecule has 1 saturated heterocycles. The fraction of sp³-hybridized carbons (Fsp3) is 0.588. The number of rotatable bonds is 6. The van der Waals surface area contributed by atoms with Gasteiger partial charge in [0.1, 0.15) is 0 Å². The first-order chi connectivity index (χ1) is 11.4. The maximum absolute atomic E-state index is 12.9. The van der Waals surface area contributed by atoms with E-state index in [9.17, 15) is 8.42 Å². The SMILES string of the molecule is CC(C)CNC(N)=NCc1ccccc1S(=O)(=O)N1CCCCC1. The van der Waals surface area contributed by atoms with Crippen molar-refractivity contribution < 1.29 is 8.42 Å². The molecule has 1 aromatic rings. The number of guanidine groups is 1. The lowest BCUT2D eigenvalue weighted by Crippen LogP contribution is -2.36. The quantitative estimate of drug-likeness (QED) is 0.605. The molecule has 0 atom stereocenters. The highest BCUT2D eigenvalue weighted by atomic mass is 32.2. The minimum atomic E-state index is -3.46. The van der Waals surface area contributed by atoms with Gasteiger partial charge in [0.15, 0.2) is 5.96 Å². The largest absolute Gasteiger partial charge is 0.370 e. The highest BCUT2D eigenvalue weighted by Crippen LogP contribution is 2.24. The van der Waals surface area contributed by atoms with E-state index in [0.29, 0.717) is 35.4 Å². The Morgan fingerprint density at radius 3 is 2.58 bits per heavy atom. The average molecular weight is 353 g/mol. The number of nitrogens with two attached hydrogens (primary N) is 1. The third-order valence-electron chi connectivity index (χ3n) is 4.02. The molecule has 134 valence electrons. The van der Waals surface area contributed by atoms with Gasteiger partial charge in [-0.25, -0.2) is 13.4 Å². The zero-order chi connectivity index (χ0) is 17.6. The smallest absolute Gasteiger partial charge is 0.243 e. The fourth-order valence-corrected chi connectivity index (χ4v) is 4.40. The maximum Gasteiger partial charge on any atom is 0.243 e. The molecule has 1 aromatic carbocycles. The van der Waals surface area contributed by atoms with E-state index < -0.39 is 10.0 Å². The summed E-state index contributed by atoms with van der Waals surface area (Å²) in [6.07, 6.45) is 2.94. The fourth-order valence-electron chi connectivity index (χ4n) is 2.67. The van der Waals surface area contributed by atoms with E-state index in [1.807, 2.05) is 6.07 Å². The molecule has 0 aromatic heterocycles. The molecule has 3 N–H and O–H groups in total. The van der Waals surface area contributed by atoms with E-state index in [0.717, 1.165) is 25.8 Å². The van der Waals surface area contributed by atoms with Gasteiger partial charge in [-0.2, -0.15) is 4.31 Å². The predicted octanol–water partition coefficient (Wildman–Crippen LogP) is 1.92. The molecule has 1 heterocycles. The van der Waals surface area contributed by atoms with E-state index in [2.05, 4.69) is 24.2 Å². The van der Waals surface area contributed by atoms with Crippen molar-refractivity contribution >= 4 is 16.0 Å². The van der Waals surface area contributed by atoms with Crippen LogP contribution in [-0.4, -0.2) is 38.3 Å². The van der Waals surface area contributed by atoms with Crippen molar-refractivity contribution in [2.24, 2.45) is 16.6 Å². The summed E-state index contributed by atoms with van der Waals surface area (Å²) < 4.78 is 27.4. The van der Waals surface area contributed by atoms with Gasteiger partial charge in [0.2, 0.25) is 10.0 Å². The van der Waals surface area contributed by atoms with Crippen molar-refractivity contribution in [3.8, 4) is 0 Å². The molecule has 0 unspecified atom stereocenters. The first kappa shape index (κ1) is 18.7. The van der Waals surface area contributed by atoms with Crippen molar-refractivity contribution in [3.63, 3.8) is 0 Å². The summed E-state index contributed by atoms with van der Waals surface area (Å²) in [6.45, 7) is 6.35. The van der Waals surface area contributed by atoms with Crippen molar-refractivity contribution in [2.75, 3.05) is 19.6 Å². The van der Waals surface area contributed by atoms with Crippen LogP contribution in [0.1, 0.15) is 38.7 Å². The summed E-state index contributed by atoms with van der Waals surface area (Å²) in [7, 11) is -3.46. The summed E-state index contributed by atoms with van der Waals surface area (Å²) >= 11 is 0. The number of hydrogen-bond donors (Lipinski definition) is 2. The molecule has 0 amide bonds. The Kier molecular flexibility index (Phi) is 6.62. The van der Waals surface area contributed by atoms with Crippen LogP contribution in [0.5, 0.6) is 0 Å². The molecular weight excluding hydrogens is 324 g/mol. The Balaban J connectivity index is 2.16. The van der Waals surface area contributed by atoms with Crippen LogP contribution in [0.15, 0.2) is 34.2 Å². The second-order valence-electron chi connectivity index (χ2n) is 6.55. The molecule has 7 heteroatoms. The lowest BCUT2D eigenvalue weighted by Gasteiger charge is -2.26. The zero-order valence-corrected chi connectivity index (χ0v) is 15.3. The maximum atomic E-state index is 12.9. The predicted molar refractivity (Wildman–Crippen MR) is 97.2 cm³/mol. The van der Waals surface area contributed by atoms with Gasteiger partial charge >= 0.3 is 0 Å². The molecule has 1 aliphatic heterocycles. The van der Waals surface area contributed by atoms with Gasteiger partial charge in [-0.1, -0.05) is 38.5 Å². The van der Waals surface area contributed by atoms with Crippen LogP contribution in [0.2, 0.25) is 0 Å². The summed E-state index contributed by atoms with van der Waals surface area (Å²) in [6, 6.07) is 7.05. The number of piperidine rings is 1. The molecule has 2 rings (SSSR count). The molecule has 6 nitrogen and oxygen atoms in total. The minimum absolute atomic E-state index is 0.250. The summed E-state index contributed by atoms with van der Waals surface area (Å²) in [5.74, 6) is 0.805. The van der Waals surface area contributed by atoms with Crippen LogP contribution < -0.4 is 11.1 Å². The number of hydrogen-bond acceptors (Lipinski definition) is 3. The van der Waals surface area contributed by atoms with Gasteiger partial charge in [-0.3, -0.25) is 0 Å². The molecule has 1 fully saturated rings. The molecule has 1 aliphatic rings. The number of sulfonamides is 1. The molecule has 0 saturated carbocycles. The average Bonchev–Trinajstić information content (AvgIpc) is 2.59. The topological polar surface area (TPSA) is 87.8 Å². The monoisotopic (exact) mass is 352 g/mol. The van der Waals surface area contributed by atoms with E-state index in [-0.39, 0.29) is 6.54 Å². The minimum Gasteiger partial charge on any atom is -0.370 e. The Labute approximate surface area is 145 Å². The van der Waals surface area contributed by atoms with Gasteiger partial charge in [-0.15, -0.1) is 0 Å². The molecular formula is C17H28N4O2S. The highest BCUT2D eigenvalue weighted by molar-refractivity contribution is 7.89. The third-order valence-corrected chi connectivity index (χ3v) is 6.02. The van der Waals surface area contributed by atoms with Crippen LogP contribution in [-0.2, 0) is 16.6 Å². The number of aliphatic imine (C=N–C) groups is 1. The zero-order valence-electron chi connectivity index (χ0n) is 14.5. The normalized spacial score (nSPS) is 17.2. The van der Waals surface area contributed by atoms with Crippen molar-refractivity contribution in [2.45, 2.75) is 44.6 Å². The first-order valence-electron chi connectivity index (χ1n) is 8.53. The standard InChI is InChI=1S/C17H28N4O2S/c1-14(2)12-19-17(18)20-13-15-8-4-5-9-16(15)24(22,23)21-10-6-3-7-11-21/h4-5,8-9,14H,3,6-7,10-13H2,1-2H3,(H3,18,19,20). The summed E-state index contributed by atoms with van der Waals surface area (Å²) in [5, 5.41) is 3.04. The number of nitrogens with zero attached hydrogens (tertiary/aromatic N) is 2. The van der Waals surface area contributed by atoms with E-state index in [1.165, 1.54) is 0 Å². The highest BCUT2D eigenvalue weighted by Gasteiger charge is 2.27. The van der Waals surface area contributed by atoms with Crippen molar-refractivity contribution in [1.29, 1.82) is 0 Å². The van der Waals surface area contributed by atoms with Gasteiger partial charge in [0, 0.05) is 19.6 Å². The molecule has 0 spiro atoms.